The molecule has 0 aliphatic heterocycles. The number of aryl methyl sites for hydroxylation is 1. The van der Waals surface area contributed by atoms with Gasteiger partial charge in [-0.1, -0.05) is 18.2 Å². The number of hydrogen-bond acceptors (Lipinski definition) is 3. The van der Waals surface area contributed by atoms with E-state index in [1.165, 1.54) is 23.3 Å². The number of carbonyl (C=O) groups is 1. The molecule has 0 saturated carbocycles. The largest absolute Gasteiger partial charge is 0.288 e. The third kappa shape index (κ3) is 2.56. The van der Waals surface area contributed by atoms with Crippen molar-refractivity contribution in [1.29, 1.82) is 0 Å². The first-order valence-electron chi connectivity index (χ1n) is 6.94. The molecule has 104 valence electrons. The molecular weight excluding hydrogens is 268 g/mol. The number of para-hydroxylation sites is 1. The SMILES string of the molecule is CN(NC(=O)c1csc2c1CCCC2)c1ccccc1. The molecule has 3 nitrogen and oxygen atoms in total. The zero-order chi connectivity index (χ0) is 13.9. The second-order valence-electron chi connectivity index (χ2n) is 5.09. The molecule has 1 aliphatic carbocycles. The summed E-state index contributed by atoms with van der Waals surface area (Å²) < 4.78 is 0. The van der Waals surface area contributed by atoms with Crippen LogP contribution in [0.1, 0.15) is 33.6 Å². The monoisotopic (exact) mass is 286 g/mol. The van der Waals surface area contributed by atoms with Gasteiger partial charge in [-0.2, -0.15) is 0 Å². The summed E-state index contributed by atoms with van der Waals surface area (Å²) in [7, 11) is 1.87. The summed E-state index contributed by atoms with van der Waals surface area (Å²) in [6.07, 6.45) is 4.61. The number of hydrogen-bond donors (Lipinski definition) is 1. The highest BCUT2D eigenvalue weighted by Crippen LogP contribution is 2.30. The van der Waals surface area contributed by atoms with Gasteiger partial charge >= 0.3 is 0 Å². The Labute approximate surface area is 123 Å². The molecule has 1 N–H and O–H groups in total. The van der Waals surface area contributed by atoms with Crippen molar-refractivity contribution >= 4 is 22.9 Å². The summed E-state index contributed by atoms with van der Waals surface area (Å²) in [6, 6.07) is 9.84. The molecule has 1 amide bonds. The lowest BCUT2D eigenvalue weighted by Crippen LogP contribution is -2.39. The average molecular weight is 286 g/mol. The van der Waals surface area contributed by atoms with Crippen molar-refractivity contribution in [1.82, 2.24) is 5.43 Å². The van der Waals surface area contributed by atoms with Gasteiger partial charge in [-0.25, -0.2) is 0 Å². The van der Waals surface area contributed by atoms with Crippen LogP contribution in [0.25, 0.3) is 0 Å². The van der Waals surface area contributed by atoms with Gasteiger partial charge in [-0.3, -0.25) is 15.2 Å². The van der Waals surface area contributed by atoms with Crippen molar-refractivity contribution in [2.75, 3.05) is 12.1 Å². The Hall–Kier alpha value is -1.81. The fourth-order valence-electron chi connectivity index (χ4n) is 2.61. The Morgan fingerprint density at radius 1 is 1.20 bits per heavy atom. The van der Waals surface area contributed by atoms with E-state index in [1.807, 2.05) is 42.8 Å². The molecule has 0 bridgehead atoms. The van der Waals surface area contributed by atoms with Gasteiger partial charge in [-0.15, -0.1) is 11.3 Å². The minimum atomic E-state index is -0.00393. The van der Waals surface area contributed by atoms with E-state index in [1.54, 1.807) is 16.3 Å². The van der Waals surface area contributed by atoms with Crippen LogP contribution in [0.2, 0.25) is 0 Å². The number of nitrogens with one attached hydrogen (secondary N) is 1. The molecule has 0 spiro atoms. The van der Waals surface area contributed by atoms with Crippen molar-refractivity contribution in [3.8, 4) is 0 Å². The van der Waals surface area contributed by atoms with E-state index in [0.29, 0.717) is 0 Å². The molecule has 0 atom stereocenters. The number of thiophene rings is 1. The number of fused-ring (bicyclic) bond motifs is 1. The van der Waals surface area contributed by atoms with Crippen molar-refractivity contribution in [3.63, 3.8) is 0 Å². The van der Waals surface area contributed by atoms with E-state index in [0.717, 1.165) is 24.1 Å². The maximum atomic E-state index is 12.4. The maximum Gasteiger partial charge on any atom is 0.270 e. The maximum absolute atomic E-state index is 12.4. The molecule has 3 rings (SSSR count). The summed E-state index contributed by atoms with van der Waals surface area (Å²) >= 11 is 1.72. The highest BCUT2D eigenvalue weighted by atomic mass is 32.1. The number of hydrazine groups is 1. The van der Waals surface area contributed by atoms with E-state index in [2.05, 4.69) is 5.43 Å². The Morgan fingerprint density at radius 2 is 1.95 bits per heavy atom. The predicted molar refractivity (Wildman–Crippen MR) is 83.3 cm³/mol. The summed E-state index contributed by atoms with van der Waals surface area (Å²) in [5.74, 6) is -0.00393. The lowest BCUT2D eigenvalue weighted by molar-refractivity contribution is 0.0951. The number of amides is 1. The topological polar surface area (TPSA) is 32.3 Å². The van der Waals surface area contributed by atoms with Gasteiger partial charge in [0, 0.05) is 17.3 Å². The smallest absolute Gasteiger partial charge is 0.270 e. The van der Waals surface area contributed by atoms with Crippen molar-refractivity contribution in [2.24, 2.45) is 0 Å². The van der Waals surface area contributed by atoms with E-state index in [9.17, 15) is 4.79 Å². The van der Waals surface area contributed by atoms with Gasteiger partial charge in [0.2, 0.25) is 0 Å². The van der Waals surface area contributed by atoms with Crippen LogP contribution >= 0.6 is 11.3 Å². The number of benzene rings is 1. The third-order valence-electron chi connectivity index (χ3n) is 3.72. The highest BCUT2D eigenvalue weighted by molar-refractivity contribution is 7.10. The van der Waals surface area contributed by atoms with Gasteiger partial charge in [0.1, 0.15) is 0 Å². The number of carbonyl (C=O) groups excluding carboxylic acids is 1. The fraction of sp³-hybridized carbons (Fsp3) is 0.312. The second kappa shape index (κ2) is 5.67. The van der Waals surface area contributed by atoms with Crippen LogP contribution in [0, 0.1) is 0 Å². The molecule has 4 heteroatoms. The van der Waals surface area contributed by atoms with Crippen LogP contribution in [0.5, 0.6) is 0 Å². The summed E-state index contributed by atoms with van der Waals surface area (Å²) in [6.45, 7) is 0. The van der Waals surface area contributed by atoms with Gasteiger partial charge in [-0.05, 0) is 43.4 Å². The molecule has 0 fully saturated rings. The zero-order valence-corrected chi connectivity index (χ0v) is 12.4. The normalized spacial score (nSPS) is 13.7. The van der Waals surface area contributed by atoms with Crippen LogP contribution in [0.15, 0.2) is 35.7 Å². The highest BCUT2D eigenvalue weighted by Gasteiger charge is 2.20. The molecule has 1 aromatic carbocycles. The summed E-state index contributed by atoms with van der Waals surface area (Å²) in [4.78, 5) is 13.8. The van der Waals surface area contributed by atoms with E-state index in [-0.39, 0.29) is 5.91 Å². The van der Waals surface area contributed by atoms with Crippen LogP contribution in [0.4, 0.5) is 5.69 Å². The first-order chi connectivity index (χ1) is 9.75. The molecular formula is C16H18N2OS. The number of nitrogens with zero attached hydrogens (tertiary/aromatic N) is 1. The zero-order valence-electron chi connectivity index (χ0n) is 11.6. The van der Waals surface area contributed by atoms with Crippen LogP contribution in [-0.2, 0) is 12.8 Å². The van der Waals surface area contributed by atoms with Gasteiger partial charge in [0.25, 0.3) is 5.91 Å². The quantitative estimate of drug-likeness (QED) is 0.877. The Kier molecular flexibility index (Phi) is 3.74. The average Bonchev–Trinajstić information content (AvgIpc) is 2.92. The summed E-state index contributed by atoms with van der Waals surface area (Å²) in [5.41, 5.74) is 6.04. The van der Waals surface area contributed by atoms with Crippen molar-refractivity contribution in [2.45, 2.75) is 25.7 Å². The Bertz CT molecular complexity index is 606. The van der Waals surface area contributed by atoms with Gasteiger partial charge < -0.3 is 0 Å². The fourth-order valence-corrected chi connectivity index (χ4v) is 3.74. The molecule has 1 heterocycles. The van der Waals surface area contributed by atoms with E-state index < -0.39 is 0 Å². The molecule has 1 aromatic heterocycles. The number of rotatable bonds is 3. The lowest BCUT2D eigenvalue weighted by atomic mass is 9.96. The van der Waals surface area contributed by atoms with Crippen LogP contribution < -0.4 is 10.4 Å². The molecule has 2 aromatic rings. The summed E-state index contributed by atoms with van der Waals surface area (Å²) in [5, 5.41) is 3.78. The van der Waals surface area contributed by atoms with Crippen molar-refractivity contribution in [3.05, 3.63) is 51.7 Å². The molecule has 0 radical (unpaired) electrons. The third-order valence-corrected chi connectivity index (χ3v) is 4.81. The molecule has 0 unspecified atom stereocenters. The first kappa shape index (κ1) is 13.2. The van der Waals surface area contributed by atoms with Gasteiger partial charge in [0.05, 0.1) is 11.3 Å². The van der Waals surface area contributed by atoms with Crippen LogP contribution in [-0.4, -0.2) is 13.0 Å². The molecule has 20 heavy (non-hydrogen) atoms. The van der Waals surface area contributed by atoms with E-state index in [4.69, 9.17) is 0 Å². The predicted octanol–water partition coefficient (Wildman–Crippen LogP) is 3.41. The lowest BCUT2D eigenvalue weighted by Gasteiger charge is -2.21. The Morgan fingerprint density at radius 3 is 2.75 bits per heavy atom. The second-order valence-corrected chi connectivity index (χ2v) is 6.06. The minimum Gasteiger partial charge on any atom is -0.288 e. The van der Waals surface area contributed by atoms with Gasteiger partial charge in [0.15, 0.2) is 0 Å². The molecule has 1 aliphatic rings. The van der Waals surface area contributed by atoms with Crippen LogP contribution in [0.3, 0.4) is 0 Å². The number of anilines is 1. The Balaban J connectivity index is 1.75. The minimum absolute atomic E-state index is 0.00393. The first-order valence-corrected chi connectivity index (χ1v) is 7.82. The van der Waals surface area contributed by atoms with E-state index >= 15 is 0 Å². The molecule has 0 saturated heterocycles. The standard InChI is InChI=1S/C16H18N2OS/c1-18(12-7-3-2-4-8-12)17-16(19)14-11-20-15-10-6-5-9-13(14)15/h2-4,7-8,11H,5-6,9-10H2,1H3,(H,17,19). The van der Waals surface area contributed by atoms with Crippen molar-refractivity contribution < 1.29 is 4.79 Å².